The quantitative estimate of drug-likeness (QED) is 0.747. The number of primary amides is 1. The summed E-state index contributed by atoms with van der Waals surface area (Å²) in [7, 11) is 0. The van der Waals surface area contributed by atoms with Gasteiger partial charge in [0.1, 0.15) is 11.5 Å². The van der Waals surface area contributed by atoms with Gasteiger partial charge >= 0.3 is 5.97 Å². The molecule has 0 aromatic carbocycles. The highest BCUT2D eigenvalue weighted by Gasteiger charge is 2.43. The van der Waals surface area contributed by atoms with Crippen molar-refractivity contribution in [2.24, 2.45) is 11.1 Å². The molecule has 1 rings (SSSR count). The highest BCUT2D eigenvalue weighted by atomic mass is 16.4. The number of aliphatic carboxylic acids is 1. The number of amides is 1. The maximum atomic E-state index is 11.3. The lowest BCUT2D eigenvalue weighted by atomic mass is 9.74. The topological polar surface area (TPSA) is 105 Å². The van der Waals surface area contributed by atoms with Gasteiger partial charge in [0.05, 0.1) is 5.41 Å². The molecule has 0 unspecified atom stereocenters. The van der Waals surface area contributed by atoms with Gasteiger partial charge in [-0.2, -0.15) is 0 Å². The minimum atomic E-state index is -1.02. The van der Waals surface area contributed by atoms with Crippen LogP contribution in [0.4, 0.5) is 5.82 Å². The molecule has 19 heavy (non-hydrogen) atoms. The summed E-state index contributed by atoms with van der Waals surface area (Å²) in [6.07, 6.45) is 0. The standard InChI is InChI=1S/C13H19N3O3/c1-12(2,11(18)19)13(3,4)16-9-7-5-6-8(15-9)10(14)17/h5-7H,1-4H3,(H2,14,17)(H,15,16)(H,18,19). The Morgan fingerprint density at radius 1 is 1.26 bits per heavy atom. The number of carboxylic acids is 1. The number of hydrogen-bond acceptors (Lipinski definition) is 4. The van der Waals surface area contributed by atoms with E-state index in [1.165, 1.54) is 6.07 Å². The Morgan fingerprint density at radius 3 is 2.32 bits per heavy atom. The van der Waals surface area contributed by atoms with Crippen molar-refractivity contribution in [2.45, 2.75) is 33.2 Å². The molecule has 104 valence electrons. The van der Waals surface area contributed by atoms with Crippen molar-refractivity contribution in [1.82, 2.24) is 4.98 Å². The third kappa shape index (κ3) is 3.01. The number of carbonyl (C=O) groups is 2. The van der Waals surface area contributed by atoms with Crippen LogP contribution in [0.2, 0.25) is 0 Å². The molecule has 1 heterocycles. The van der Waals surface area contributed by atoms with Crippen LogP contribution in [0.15, 0.2) is 18.2 Å². The van der Waals surface area contributed by atoms with E-state index in [9.17, 15) is 14.7 Å². The highest BCUT2D eigenvalue weighted by molar-refractivity contribution is 5.91. The van der Waals surface area contributed by atoms with Crippen LogP contribution < -0.4 is 11.1 Å². The lowest BCUT2D eigenvalue weighted by molar-refractivity contribution is -0.149. The van der Waals surface area contributed by atoms with Crippen LogP contribution in [0.1, 0.15) is 38.2 Å². The first-order valence-corrected chi connectivity index (χ1v) is 5.86. The Labute approximate surface area is 112 Å². The van der Waals surface area contributed by atoms with Crippen LogP contribution in [-0.4, -0.2) is 27.5 Å². The van der Waals surface area contributed by atoms with Crippen LogP contribution in [0.5, 0.6) is 0 Å². The third-order valence-corrected chi connectivity index (χ3v) is 3.54. The predicted octanol–water partition coefficient (Wildman–Crippen LogP) is 1.48. The second kappa shape index (κ2) is 4.87. The maximum absolute atomic E-state index is 11.3. The average Bonchev–Trinajstić information content (AvgIpc) is 2.28. The Bertz CT molecular complexity index is 510. The van der Waals surface area contributed by atoms with Crippen molar-refractivity contribution in [3.8, 4) is 0 Å². The van der Waals surface area contributed by atoms with E-state index in [0.29, 0.717) is 5.82 Å². The highest BCUT2D eigenvalue weighted by Crippen LogP contribution is 2.33. The van der Waals surface area contributed by atoms with E-state index in [4.69, 9.17) is 5.73 Å². The SMILES string of the molecule is CC(C)(Nc1cccc(C(N)=O)n1)C(C)(C)C(=O)O. The van der Waals surface area contributed by atoms with Crippen LogP contribution in [-0.2, 0) is 4.79 Å². The second-order valence-corrected chi connectivity index (χ2v) is 5.45. The summed E-state index contributed by atoms with van der Waals surface area (Å²) >= 11 is 0. The molecule has 1 amide bonds. The van der Waals surface area contributed by atoms with Crippen LogP contribution in [0.3, 0.4) is 0 Å². The molecular formula is C13H19N3O3. The Hall–Kier alpha value is -2.11. The van der Waals surface area contributed by atoms with Crippen molar-refractivity contribution in [1.29, 1.82) is 0 Å². The first kappa shape index (κ1) is 14.9. The summed E-state index contributed by atoms with van der Waals surface area (Å²) in [4.78, 5) is 26.4. The number of nitrogens with zero attached hydrogens (tertiary/aromatic N) is 1. The molecule has 0 aliphatic heterocycles. The number of nitrogens with two attached hydrogens (primary N) is 1. The number of anilines is 1. The van der Waals surface area contributed by atoms with Gasteiger partial charge in [0, 0.05) is 5.54 Å². The zero-order chi connectivity index (χ0) is 14.8. The summed E-state index contributed by atoms with van der Waals surface area (Å²) in [5.41, 5.74) is 3.51. The number of pyridine rings is 1. The zero-order valence-electron chi connectivity index (χ0n) is 11.5. The summed E-state index contributed by atoms with van der Waals surface area (Å²) < 4.78 is 0. The van der Waals surface area contributed by atoms with Crippen LogP contribution >= 0.6 is 0 Å². The Balaban J connectivity index is 3.05. The number of rotatable bonds is 5. The molecule has 0 fully saturated rings. The summed E-state index contributed by atoms with van der Waals surface area (Å²) in [5.74, 6) is -1.13. The third-order valence-electron chi connectivity index (χ3n) is 3.54. The molecule has 0 bridgehead atoms. The van der Waals surface area contributed by atoms with Crippen molar-refractivity contribution < 1.29 is 14.7 Å². The van der Waals surface area contributed by atoms with E-state index in [0.717, 1.165) is 0 Å². The summed E-state index contributed by atoms with van der Waals surface area (Å²) in [6, 6.07) is 4.80. The van der Waals surface area contributed by atoms with Crippen molar-refractivity contribution in [2.75, 3.05) is 5.32 Å². The fourth-order valence-corrected chi connectivity index (χ4v) is 1.39. The van der Waals surface area contributed by atoms with Crippen molar-refractivity contribution in [3.05, 3.63) is 23.9 Å². The fraction of sp³-hybridized carbons (Fsp3) is 0.462. The van der Waals surface area contributed by atoms with Crippen LogP contribution in [0, 0.1) is 5.41 Å². The largest absolute Gasteiger partial charge is 0.481 e. The molecule has 0 atom stereocenters. The monoisotopic (exact) mass is 265 g/mol. The van der Waals surface area contributed by atoms with E-state index in [1.807, 2.05) is 0 Å². The Kier molecular flexibility index (Phi) is 3.83. The smallest absolute Gasteiger partial charge is 0.311 e. The van der Waals surface area contributed by atoms with Gasteiger partial charge in [0.25, 0.3) is 5.91 Å². The average molecular weight is 265 g/mol. The fourth-order valence-electron chi connectivity index (χ4n) is 1.39. The lowest BCUT2D eigenvalue weighted by Crippen LogP contribution is -2.50. The lowest BCUT2D eigenvalue weighted by Gasteiger charge is -2.39. The molecular weight excluding hydrogens is 246 g/mol. The molecule has 0 saturated heterocycles. The van der Waals surface area contributed by atoms with E-state index in [1.54, 1.807) is 39.8 Å². The molecule has 0 aliphatic carbocycles. The number of hydrogen-bond donors (Lipinski definition) is 3. The van der Waals surface area contributed by atoms with Crippen LogP contribution in [0.25, 0.3) is 0 Å². The minimum absolute atomic E-state index is 0.133. The number of carboxylic acid groups (broad SMARTS) is 1. The molecule has 6 nitrogen and oxygen atoms in total. The molecule has 6 heteroatoms. The van der Waals surface area contributed by atoms with Gasteiger partial charge in [-0.1, -0.05) is 6.07 Å². The minimum Gasteiger partial charge on any atom is -0.481 e. The maximum Gasteiger partial charge on any atom is 0.311 e. The van der Waals surface area contributed by atoms with Crippen molar-refractivity contribution >= 4 is 17.7 Å². The molecule has 0 radical (unpaired) electrons. The summed E-state index contributed by atoms with van der Waals surface area (Å²) in [6.45, 7) is 6.78. The van der Waals surface area contributed by atoms with Gasteiger partial charge < -0.3 is 16.2 Å². The zero-order valence-corrected chi connectivity index (χ0v) is 11.5. The number of nitrogens with one attached hydrogen (secondary N) is 1. The molecule has 0 spiro atoms. The van der Waals surface area contributed by atoms with Gasteiger partial charge in [0.2, 0.25) is 0 Å². The molecule has 1 aromatic rings. The van der Waals surface area contributed by atoms with E-state index >= 15 is 0 Å². The normalized spacial score (nSPS) is 12.0. The van der Waals surface area contributed by atoms with Gasteiger partial charge in [-0.05, 0) is 39.8 Å². The molecule has 0 saturated carbocycles. The van der Waals surface area contributed by atoms with E-state index in [2.05, 4.69) is 10.3 Å². The molecule has 1 aromatic heterocycles. The Morgan fingerprint density at radius 2 is 1.84 bits per heavy atom. The van der Waals surface area contributed by atoms with Gasteiger partial charge in [0.15, 0.2) is 0 Å². The van der Waals surface area contributed by atoms with E-state index < -0.39 is 22.8 Å². The number of carbonyl (C=O) groups excluding carboxylic acids is 1. The number of aromatic nitrogens is 1. The first-order valence-electron chi connectivity index (χ1n) is 5.86. The summed E-state index contributed by atoms with van der Waals surface area (Å²) in [5, 5.41) is 12.3. The van der Waals surface area contributed by atoms with Gasteiger partial charge in [-0.25, -0.2) is 4.98 Å². The van der Waals surface area contributed by atoms with E-state index in [-0.39, 0.29) is 5.69 Å². The van der Waals surface area contributed by atoms with Crippen molar-refractivity contribution in [3.63, 3.8) is 0 Å². The van der Waals surface area contributed by atoms with Gasteiger partial charge in [-0.3, -0.25) is 9.59 Å². The van der Waals surface area contributed by atoms with Gasteiger partial charge in [-0.15, -0.1) is 0 Å². The molecule has 4 N–H and O–H groups in total. The first-order chi connectivity index (χ1) is 8.58. The predicted molar refractivity (Wildman–Crippen MR) is 71.9 cm³/mol. The molecule has 0 aliphatic rings. The second-order valence-electron chi connectivity index (χ2n) is 5.45.